The van der Waals surface area contributed by atoms with Gasteiger partial charge in [0.05, 0.1) is 19.1 Å². The predicted octanol–water partition coefficient (Wildman–Crippen LogP) is 2.42. The third-order valence-electron chi connectivity index (χ3n) is 2.44. The standard InChI is InChI=1S/C12H15Cl2NO2/c1-2-10(7-16)15-12(17)6-8-5-9(13)3-4-11(8)14/h3-5,10,16H,2,6-7H2,1H3,(H,15,17). The van der Waals surface area contributed by atoms with Crippen LogP contribution in [0.4, 0.5) is 0 Å². The molecule has 0 radical (unpaired) electrons. The Morgan fingerprint density at radius 1 is 1.47 bits per heavy atom. The third kappa shape index (κ3) is 4.54. The minimum atomic E-state index is -0.208. The van der Waals surface area contributed by atoms with Gasteiger partial charge in [-0.1, -0.05) is 30.1 Å². The summed E-state index contributed by atoms with van der Waals surface area (Å²) < 4.78 is 0. The van der Waals surface area contributed by atoms with Crippen LogP contribution >= 0.6 is 23.2 Å². The second-order valence-electron chi connectivity index (χ2n) is 3.77. The SMILES string of the molecule is CCC(CO)NC(=O)Cc1cc(Cl)ccc1Cl. The molecule has 94 valence electrons. The number of aliphatic hydroxyl groups excluding tert-OH is 1. The Balaban J connectivity index is 2.64. The van der Waals surface area contributed by atoms with Crippen LogP contribution in [0.2, 0.25) is 10.0 Å². The first-order valence-corrected chi connectivity index (χ1v) is 6.16. The Morgan fingerprint density at radius 3 is 2.76 bits per heavy atom. The fraction of sp³-hybridized carbons (Fsp3) is 0.417. The van der Waals surface area contributed by atoms with Crippen LogP contribution in [0.15, 0.2) is 18.2 Å². The molecule has 0 heterocycles. The Hall–Kier alpha value is -0.770. The second-order valence-corrected chi connectivity index (χ2v) is 4.61. The Kier molecular flexibility index (Phi) is 5.75. The molecule has 0 fully saturated rings. The van der Waals surface area contributed by atoms with E-state index in [-0.39, 0.29) is 25.0 Å². The predicted molar refractivity (Wildman–Crippen MR) is 69.5 cm³/mol. The summed E-state index contributed by atoms with van der Waals surface area (Å²) in [5.74, 6) is -0.171. The summed E-state index contributed by atoms with van der Waals surface area (Å²) in [6.07, 6.45) is 0.849. The molecule has 1 aromatic carbocycles. The maximum atomic E-state index is 11.7. The third-order valence-corrected chi connectivity index (χ3v) is 3.04. The maximum Gasteiger partial charge on any atom is 0.224 e. The first kappa shape index (κ1) is 14.3. The van der Waals surface area contributed by atoms with Gasteiger partial charge in [0.1, 0.15) is 0 Å². The molecule has 5 heteroatoms. The smallest absolute Gasteiger partial charge is 0.224 e. The molecule has 1 unspecified atom stereocenters. The molecule has 0 saturated heterocycles. The fourth-order valence-electron chi connectivity index (χ4n) is 1.41. The number of aliphatic hydroxyl groups is 1. The van der Waals surface area contributed by atoms with Crippen molar-refractivity contribution >= 4 is 29.1 Å². The zero-order valence-electron chi connectivity index (χ0n) is 9.54. The molecule has 2 N–H and O–H groups in total. The zero-order valence-corrected chi connectivity index (χ0v) is 11.1. The van der Waals surface area contributed by atoms with Crippen LogP contribution in [0.3, 0.4) is 0 Å². The van der Waals surface area contributed by atoms with Gasteiger partial charge in [0, 0.05) is 10.0 Å². The van der Waals surface area contributed by atoms with Gasteiger partial charge >= 0.3 is 0 Å². The fourth-order valence-corrected chi connectivity index (χ4v) is 1.79. The quantitative estimate of drug-likeness (QED) is 0.867. The molecule has 1 aromatic rings. The summed E-state index contributed by atoms with van der Waals surface area (Å²) >= 11 is 11.8. The average molecular weight is 276 g/mol. The number of nitrogens with one attached hydrogen (secondary N) is 1. The summed E-state index contributed by atoms with van der Waals surface area (Å²) in [6.45, 7) is 1.83. The van der Waals surface area contributed by atoms with Crippen molar-refractivity contribution in [3.05, 3.63) is 33.8 Å². The highest BCUT2D eigenvalue weighted by molar-refractivity contribution is 6.33. The van der Waals surface area contributed by atoms with E-state index in [1.54, 1.807) is 18.2 Å². The number of halogens is 2. The van der Waals surface area contributed by atoms with Crippen LogP contribution in [-0.2, 0) is 11.2 Å². The Bertz CT molecular complexity index is 392. The van der Waals surface area contributed by atoms with Gasteiger partial charge in [-0.25, -0.2) is 0 Å². The number of rotatable bonds is 5. The molecule has 0 spiro atoms. The van der Waals surface area contributed by atoms with Gasteiger partial charge in [-0.2, -0.15) is 0 Å². The molecule has 0 aliphatic heterocycles. The average Bonchev–Trinajstić information content (AvgIpc) is 2.31. The van der Waals surface area contributed by atoms with Gasteiger partial charge in [0.2, 0.25) is 5.91 Å². The van der Waals surface area contributed by atoms with E-state index in [1.807, 2.05) is 6.92 Å². The van der Waals surface area contributed by atoms with Crippen molar-refractivity contribution in [2.24, 2.45) is 0 Å². The number of carbonyl (C=O) groups is 1. The van der Waals surface area contributed by atoms with E-state index in [9.17, 15) is 4.79 Å². The summed E-state index contributed by atoms with van der Waals surface area (Å²) in [5, 5.41) is 12.8. The number of hydrogen-bond donors (Lipinski definition) is 2. The van der Waals surface area contributed by atoms with Gasteiger partial charge in [-0.05, 0) is 30.2 Å². The van der Waals surface area contributed by atoms with E-state index in [0.717, 1.165) is 0 Å². The van der Waals surface area contributed by atoms with Crippen molar-refractivity contribution in [3.8, 4) is 0 Å². The van der Waals surface area contributed by atoms with E-state index < -0.39 is 0 Å². The van der Waals surface area contributed by atoms with E-state index in [1.165, 1.54) is 0 Å². The van der Waals surface area contributed by atoms with Crippen LogP contribution in [0.25, 0.3) is 0 Å². The molecule has 3 nitrogen and oxygen atoms in total. The highest BCUT2D eigenvalue weighted by atomic mass is 35.5. The normalized spacial score (nSPS) is 12.2. The van der Waals surface area contributed by atoms with E-state index >= 15 is 0 Å². The molecule has 0 bridgehead atoms. The highest BCUT2D eigenvalue weighted by Gasteiger charge is 2.11. The van der Waals surface area contributed by atoms with Gasteiger partial charge in [-0.15, -0.1) is 0 Å². The Labute approximate surface area is 111 Å². The van der Waals surface area contributed by atoms with E-state index in [0.29, 0.717) is 22.0 Å². The summed E-state index contributed by atoms with van der Waals surface area (Å²) in [7, 11) is 0. The lowest BCUT2D eigenvalue weighted by Gasteiger charge is -2.14. The minimum absolute atomic E-state index is 0.0640. The van der Waals surface area contributed by atoms with Gasteiger partial charge in [0.25, 0.3) is 0 Å². The number of benzene rings is 1. The molecule has 1 rings (SSSR count). The first-order chi connectivity index (χ1) is 8.06. The molecule has 0 aromatic heterocycles. The van der Waals surface area contributed by atoms with Crippen molar-refractivity contribution in [2.75, 3.05) is 6.61 Å². The summed E-state index contributed by atoms with van der Waals surface area (Å²) in [4.78, 5) is 11.7. The van der Waals surface area contributed by atoms with Crippen LogP contribution in [0.5, 0.6) is 0 Å². The lowest BCUT2D eigenvalue weighted by Crippen LogP contribution is -2.37. The van der Waals surface area contributed by atoms with Crippen LogP contribution in [0.1, 0.15) is 18.9 Å². The summed E-state index contributed by atoms with van der Waals surface area (Å²) in [5.41, 5.74) is 0.685. The van der Waals surface area contributed by atoms with Gasteiger partial charge in [0.15, 0.2) is 0 Å². The number of amides is 1. The highest BCUT2D eigenvalue weighted by Crippen LogP contribution is 2.20. The lowest BCUT2D eigenvalue weighted by atomic mass is 10.1. The molecule has 0 saturated carbocycles. The van der Waals surface area contributed by atoms with Crippen LogP contribution < -0.4 is 5.32 Å². The monoisotopic (exact) mass is 275 g/mol. The van der Waals surface area contributed by atoms with Crippen molar-refractivity contribution < 1.29 is 9.90 Å². The van der Waals surface area contributed by atoms with Crippen molar-refractivity contribution in [1.29, 1.82) is 0 Å². The summed E-state index contributed by atoms with van der Waals surface area (Å²) in [6, 6.07) is 4.80. The molecular weight excluding hydrogens is 261 g/mol. The second kappa shape index (κ2) is 6.84. The molecule has 17 heavy (non-hydrogen) atoms. The largest absolute Gasteiger partial charge is 0.394 e. The van der Waals surface area contributed by atoms with Crippen LogP contribution in [-0.4, -0.2) is 23.7 Å². The van der Waals surface area contributed by atoms with E-state index in [4.69, 9.17) is 28.3 Å². The molecule has 0 aliphatic rings. The number of carbonyl (C=O) groups excluding carboxylic acids is 1. The molecule has 0 aliphatic carbocycles. The lowest BCUT2D eigenvalue weighted by molar-refractivity contribution is -0.121. The topological polar surface area (TPSA) is 49.3 Å². The van der Waals surface area contributed by atoms with Crippen molar-refractivity contribution in [2.45, 2.75) is 25.8 Å². The minimum Gasteiger partial charge on any atom is -0.394 e. The molecular formula is C12H15Cl2NO2. The van der Waals surface area contributed by atoms with E-state index in [2.05, 4.69) is 5.32 Å². The zero-order chi connectivity index (χ0) is 12.8. The first-order valence-electron chi connectivity index (χ1n) is 5.41. The maximum absolute atomic E-state index is 11.7. The van der Waals surface area contributed by atoms with Gasteiger partial charge < -0.3 is 10.4 Å². The Morgan fingerprint density at radius 2 is 2.18 bits per heavy atom. The number of hydrogen-bond acceptors (Lipinski definition) is 2. The van der Waals surface area contributed by atoms with Crippen molar-refractivity contribution in [3.63, 3.8) is 0 Å². The molecule has 1 amide bonds. The van der Waals surface area contributed by atoms with Gasteiger partial charge in [-0.3, -0.25) is 4.79 Å². The van der Waals surface area contributed by atoms with Crippen molar-refractivity contribution in [1.82, 2.24) is 5.32 Å². The molecule has 1 atom stereocenters. The van der Waals surface area contributed by atoms with Crippen LogP contribution in [0, 0.1) is 0 Å².